The van der Waals surface area contributed by atoms with Crippen molar-refractivity contribution in [2.45, 2.75) is 142 Å². The molecule has 0 rings (SSSR count). The highest BCUT2D eigenvalue weighted by Crippen LogP contribution is 2.38. The Bertz CT molecular complexity index is 698. The van der Waals surface area contributed by atoms with Gasteiger partial charge in [0, 0.05) is 12.8 Å². The molecule has 0 spiro atoms. The van der Waals surface area contributed by atoms with Gasteiger partial charge in [-0.1, -0.05) is 110 Å². The van der Waals surface area contributed by atoms with Crippen LogP contribution in [0.2, 0.25) is 0 Å². The Labute approximate surface area is 251 Å². The molecule has 0 aliphatic heterocycles. The van der Waals surface area contributed by atoms with E-state index < -0.39 is 26.5 Å². The summed E-state index contributed by atoms with van der Waals surface area (Å²) >= 11 is 0. The van der Waals surface area contributed by atoms with Crippen molar-refractivity contribution in [2.75, 3.05) is 47.5 Å². The highest BCUT2D eigenvalue weighted by molar-refractivity contribution is 7.45. The summed E-state index contributed by atoms with van der Waals surface area (Å²) in [7, 11) is 1.17. The van der Waals surface area contributed by atoms with Gasteiger partial charge in [-0.3, -0.25) is 14.2 Å². The van der Waals surface area contributed by atoms with Crippen LogP contribution in [0, 0.1) is 0 Å². The minimum Gasteiger partial charge on any atom is -0.756 e. The van der Waals surface area contributed by atoms with Gasteiger partial charge in [-0.05, 0) is 12.8 Å². The molecule has 0 radical (unpaired) electrons. The van der Waals surface area contributed by atoms with Crippen LogP contribution in [-0.2, 0) is 32.7 Å². The van der Waals surface area contributed by atoms with Gasteiger partial charge in [-0.2, -0.15) is 0 Å². The maximum Gasteiger partial charge on any atom is 0.306 e. The van der Waals surface area contributed by atoms with Crippen molar-refractivity contribution in [3.05, 3.63) is 0 Å². The molecule has 0 N–H and O–H groups in total. The first-order valence-corrected chi connectivity index (χ1v) is 17.7. The van der Waals surface area contributed by atoms with Crippen molar-refractivity contribution < 1.29 is 42.1 Å². The van der Waals surface area contributed by atoms with Crippen LogP contribution in [0.25, 0.3) is 0 Å². The molecule has 0 bridgehead atoms. The first-order chi connectivity index (χ1) is 19.5. The Morgan fingerprint density at radius 2 is 1.10 bits per heavy atom. The second kappa shape index (κ2) is 25.5. The molecule has 2 unspecified atom stereocenters. The van der Waals surface area contributed by atoms with Crippen LogP contribution in [0.4, 0.5) is 0 Å². The number of hydrogen-bond donors (Lipinski definition) is 0. The van der Waals surface area contributed by atoms with Crippen molar-refractivity contribution in [1.29, 1.82) is 0 Å². The normalized spacial score (nSPS) is 14.0. The van der Waals surface area contributed by atoms with E-state index in [1.54, 1.807) is 0 Å². The van der Waals surface area contributed by atoms with E-state index in [4.69, 9.17) is 18.5 Å². The average molecular weight is 608 g/mol. The van der Waals surface area contributed by atoms with Gasteiger partial charge >= 0.3 is 11.9 Å². The third kappa shape index (κ3) is 28.9. The van der Waals surface area contributed by atoms with Crippen molar-refractivity contribution in [3.63, 3.8) is 0 Å². The van der Waals surface area contributed by atoms with Gasteiger partial charge in [0.2, 0.25) is 0 Å². The fraction of sp³-hybridized carbons (Fsp3) is 0.935. The standard InChI is InChI=1S/C31H62NO8P/c1-6-8-10-12-14-15-16-18-20-22-24-31(34)40-29(28-39-41(35,36)38-26-25-32(3,4)5)27-37-30(33)23-21-19-17-13-11-9-7-2/h29H,6-28H2,1-5H3. The SMILES string of the molecule is CCCCCCCCCCCCC(=O)OC(COC(=O)CCCCCCCCC)COP(=O)([O-])OCC[N+](C)(C)C. The van der Waals surface area contributed by atoms with Crippen LogP contribution in [0.5, 0.6) is 0 Å². The number of carbonyl (C=O) groups is 2. The van der Waals surface area contributed by atoms with E-state index in [1.165, 1.54) is 70.6 Å². The molecule has 0 amide bonds. The fourth-order valence-corrected chi connectivity index (χ4v) is 4.97. The summed E-state index contributed by atoms with van der Waals surface area (Å²) in [5.74, 6) is -0.841. The van der Waals surface area contributed by atoms with Crippen molar-refractivity contribution in [3.8, 4) is 0 Å². The van der Waals surface area contributed by atoms with Gasteiger partial charge in [0.05, 0.1) is 27.7 Å². The Kier molecular flexibility index (Phi) is 24.9. The van der Waals surface area contributed by atoms with Crippen LogP contribution in [0.15, 0.2) is 0 Å². The van der Waals surface area contributed by atoms with Gasteiger partial charge in [-0.15, -0.1) is 0 Å². The summed E-state index contributed by atoms with van der Waals surface area (Å²) in [6.07, 6.45) is 18.7. The number of likely N-dealkylation sites (N-methyl/N-ethyl adjacent to an activating group) is 1. The molecule has 41 heavy (non-hydrogen) atoms. The molecule has 10 heteroatoms. The van der Waals surface area contributed by atoms with E-state index >= 15 is 0 Å². The number of nitrogens with zero attached hydrogens (tertiary/aromatic N) is 1. The van der Waals surface area contributed by atoms with E-state index in [-0.39, 0.29) is 32.0 Å². The monoisotopic (exact) mass is 607 g/mol. The molecule has 0 aliphatic rings. The van der Waals surface area contributed by atoms with E-state index in [9.17, 15) is 19.0 Å². The molecule has 0 fully saturated rings. The first kappa shape index (κ1) is 40.0. The lowest BCUT2D eigenvalue weighted by molar-refractivity contribution is -0.870. The fourth-order valence-electron chi connectivity index (χ4n) is 4.24. The third-order valence-electron chi connectivity index (χ3n) is 6.88. The third-order valence-corrected chi connectivity index (χ3v) is 7.84. The minimum atomic E-state index is -4.59. The van der Waals surface area contributed by atoms with E-state index in [0.717, 1.165) is 32.1 Å². The molecule has 2 atom stereocenters. The number of phosphoric acid groups is 1. The second-order valence-corrected chi connectivity index (χ2v) is 13.6. The Hall–Kier alpha value is -0.990. The number of phosphoric ester groups is 1. The van der Waals surface area contributed by atoms with Gasteiger partial charge < -0.3 is 27.9 Å². The summed E-state index contributed by atoms with van der Waals surface area (Å²) in [5.41, 5.74) is 0. The number of carbonyl (C=O) groups excluding carboxylic acids is 2. The van der Waals surface area contributed by atoms with Crippen LogP contribution < -0.4 is 4.89 Å². The number of ether oxygens (including phenoxy) is 2. The summed E-state index contributed by atoms with van der Waals surface area (Å²) in [5, 5.41) is 0. The molecule has 9 nitrogen and oxygen atoms in total. The Morgan fingerprint density at radius 3 is 1.56 bits per heavy atom. The summed E-state index contributed by atoms with van der Waals surface area (Å²) in [6.45, 7) is 4.14. The molecule has 0 heterocycles. The van der Waals surface area contributed by atoms with Crippen molar-refractivity contribution >= 4 is 19.8 Å². The topological polar surface area (TPSA) is 111 Å². The molecule has 0 aliphatic carbocycles. The molecule has 0 aromatic carbocycles. The minimum absolute atomic E-state index is 0.0269. The maximum atomic E-state index is 12.5. The molecule has 0 saturated heterocycles. The molecular weight excluding hydrogens is 545 g/mol. The molecule has 0 aromatic rings. The van der Waals surface area contributed by atoms with Crippen molar-refractivity contribution in [2.24, 2.45) is 0 Å². The molecular formula is C31H62NO8P. The molecule has 0 aromatic heterocycles. The lowest BCUT2D eigenvalue weighted by atomic mass is 10.1. The van der Waals surface area contributed by atoms with Crippen LogP contribution in [0.3, 0.4) is 0 Å². The van der Waals surface area contributed by atoms with E-state index in [2.05, 4.69) is 13.8 Å². The van der Waals surface area contributed by atoms with Crippen LogP contribution in [-0.4, -0.2) is 70.0 Å². The smallest absolute Gasteiger partial charge is 0.306 e. The first-order valence-electron chi connectivity index (χ1n) is 16.2. The number of hydrogen-bond acceptors (Lipinski definition) is 8. The Morgan fingerprint density at radius 1 is 0.659 bits per heavy atom. The summed E-state index contributed by atoms with van der Waals surface area (Å²) < 4.78 is 33.5. The second-order valence-electron chi connectivity index (χ2n) is 12.2. The zero-order valence-electron chi connectivity index (χ0n) is 27.0. The highest BCUT2D eigenvalue weighted by Gasteiger charge is 2.21. The van der Waals surface area contributed by atoms with E-state index in [0.29, 0.717) is 17.4 Å². The quantitative estimate of drug-likeness (QED) is 0.0383. The van der Waals surface area contributed by atoms with Crippen molar-refractivity contribution in [1.82, 2.24) is 0 Å². The number of esters is 2. The van der Waals surface area contributed by atoms with Gasteiger partial charge in [-0.25, -0.2) is 0 Å². The van der Waals surface area contributed by atoms with E-state index in [1.807, 2.05) is 21.1 Å². The predicted molar refractivity (Wildman–Crippen MR) is 162 cm³/mol. The maximum absolute atomic E-state index is 12.5. The van der Waals surface area contributed by atoms with Gasteiger partial charge in [0.25, 0.3) is 7.82 Å². The Balaban J connectivity index is 4.52. The number of unbranched alkanes of at least 4 members (excludes halogenated alkanes) is 15. The number of rotatable bonds is 29. The van der Waals surface area contributed by atoms with Gasteiger partial charge in [0.1, 0.15) is 19.8 Å². The average Bonchev–Trinajstić information content (AvgIpc) is 2.90. The zero-order valence-corrected chi connectivity index (χ0v) is 27.9. The predicted octanol–water partition coefficient (Wildman–Crippen LogP) is 7.10. The molecule has 0 saturated carbocycles. The summed E-state index contributed by atoms with van der Waals surface area (Å²) in [4.78, 5) is 36.9. The zero-order chi connectivity index (χ0) is 30.8. The van der Waals surface area contributed by atoms with Crippen LogP contribution >= 0.6 is 7.82 Å². The lowest BCUT2D eigenvalue weighted by Gasteiger charge is -2.28. The molecule has 244 valence electrons. The largest absolute Gasteiger partial charge is 0.756 e. The van der Waals surface area contributed by atoms with Crippen LogP contribution in [0.1, 0.15) is 136 Å². The van der Waals surface area contributed by atoms with Gasteiger partial charge in [0.15, 0.2) is 6.10 Å². The summed E-state index contributed by atoms with van der Waals surface area (Å²) in [6, 6.07) is 0. The number of quaternary nitrogens is 1. The highest BCUT2D eigenvalue weighted by atomic mass is 31.2. The lowest BCUT2D eigenvalue weighted by Crippen LogP contribution is -2.37.